The maximum absolute atomic E-state index is 10.6. The number of rotatable bonds is 6. The number of hydrogen-bond acceptors (Lipinski definition) is 6. The highest BCUT2D eigenvalue weighted by Crippen LogP contribution is 1.95. The van der Waals surface area contributed by atoms with E-state index in [0.29, 0.717) is 0 Å². The van der Waals surface area contributed by atoms with Crippen LogP contribution in [0.5, 0.6) is 0 Å². The Morgan fingerprint density at radius 2 is 1.60 bits per heavy atom. The van der Waals surface area contributed by atoms with Crippen molar-refractivity contribution in [2.24, 2.45) is 5.92 Å². The van der Waals surface area contributed by atoms with E-state index in [4.69, 9.17) is 9.11 Å². The molecule has 10 heteroatoms. The molecule has 0 aliphatic rings. The molecule has 0 atom stereocenters. The molecule has 0 aromatic rings. The third-order valence-corrected chi connectivity index (χ3v) is 3.24. The summed E-state index contributed by atoms with van der Waals surface area (Å²) in [6.45, 7) is 7.83. The molecule has 20 heavy (non-hydrogen) atoms. The standard InChI is InChI=1S/C6H10O5S.C4H10O3S/c1-5(2)6(7)11-3-4-12(8,9)10;1-4(2)3-8(5,6)7/h1,3-4H2,2H3,(H,8,9,10);4H,3H2,1-2H3,(H,5,6,7). The highest BCUT2D eigenvalue weighted by molar-refractivity contribution is 7.86. The Morgan fingerprint density at radius 1 is 1.15 bits per heavy atom. The SMILES string of the molecule is C=C(C)C(=O)OCCS(=O)(=O)O.CC(C)CS(=O)(=O)O. The van der Waals surface area contributed by atoms with Crippen molar-refractivity contribution in [3.8, 4) is 0 Å². The minimum Gasteiger partial charge on any atom is -0.461 e. The minimum atomic E-state index is -4.05. The van der Waals surface area contributed by atoms with E-state index < -0.39 is 32.0 Å². The summed E-state index contributed by atoms with van der Waals surface area (Å²) in [4.78, 5) is 10.6. The van der Waals surface area contributed by atoms with Gasteiger partial charge in [-0.15, -0.1) is 0 Å². The Labute approximate surface area is 119 Å². The van der Waals surface area contributed by atoms with Crippen LogP contribution in [0.4, 0.5) is 0 Å². The molecule has 0 aliphatic carbocycles. The molecule has 0 aromatic carbocycles. The quantitative estimate of drug-likeness (QED) is 0.408. The molecule has 0 aromatic heterocycles. The van der Waals surface area contributed by atoms with Gasteiger partial charge >= 0.3 is 5.97 Å². The van der Waals surface area contributed by atoms with E-state index in [0.717, 1.165) is 0 Å². The van der Waals surface area contributed by atoms with Crippen molar-refractivity contribution in [3.05, 3.63) is 12.2 Å². The molecule has 0 fully saturated rings. The molecule has 0 spiro atoms. The van der Waals surface area contributed by atoms with Crippen molar-refractivity contribution in [2.75, 3.05) is 18.1 Å². The van der Waals surface area contributed by atoms with Crippen molar-refractivity contribution in [1.29, 1.82) is 0 Å². The molecule has 0 aliphatic heterocycles. The first-order valence-corrected chi connectivity index (χ1v) is 8.69. The van der Waals surface area contributed by atoms with E-state index in [1.807, 2.05) is 0 Å². The van der Waals surface area contributed by atoms with Gasteiger partial charge in [0.15, 0.2) is 0 Å². The summed E-state index contributed by atoms with van der Waals surface area (Å²) in [5, 5.41) is 0. The topological polar surface area (TPSA) is 135 Å². The van der Waals surface area contributed by atoms with Crippen molar-refractivity contribution < 1.29 is 35.5 Å². The summed E-state index contributed by atoms with van der Waals surface area (Å²) in [7, 11) is -7.78. The van der Waals surface area contributed by atoms with Gasteiger partial charge in [-0.05, 0) is 12.8 Å². The van der Waals surface area contributed by atoms with Gasteiger partial charge in [0, 0.05) is 5.57 Å². The fraction of sp³-hybridized carbons (Fsp3) is 0.700. The monoisotopic (exact) mass is 332 g/mol. The van der Waals surface area contributed by atoms with Crippen LogP contribution in [0.2, 0.25) is 0 Å². The fourth-order valence-corrected chi connectivity index (χ4v) is 1.92. The molecular formula is C10H20O8S2. The van der Waals surface area contributed by atoms with Gasteiger partial charge in [-0.2, -0.15) is 16.8 Å². The van der Waals surface area contributed by atoms with Crippen molar-refractivity contribution in [1.82, 2.24) is 0 Å². The van der Waals surface area contributed by atoms with E-state index in [1.165, 1.54) is 6.92 Å². The summed E-state index contributed by atoms with van der Waals surface area (Å²) >= 11 is 0. The van der Waals surface area contributed by atoms with Crippen LogP contribution >= 0.6 is 0 Å². The molecule has 0 radical (unpaired) electrons. The highest BCUT2D eigenvalue weighted by Gasteiger charge is 2.07. The maximum Gasteiger partial charge on any atom is 0.333 e. The Balaban J connectivity index is 0. The van der Waals surface area contributed by atoms with E-state index in [1.54, 1.807) is 13.8 Å². The molecule has 120 valence electrons. The van der Waals surface area contributed by atoms with Gasteiger partial charge in [0.1, 0.15) is 12.4 Å². The molecule has 0 saturated heterocycles. The highest BCUT2D eigenvalue weighted by atomic mass is 32.2. The van der Waals surface area contributed by atoms with Crippen LogP contribution in [0.1, 0.15) is 20.8 Å². The zero-order chi connectivity index (χ0) is 16.6. The number of esters is 1. The molecule has 0 rings (SSSR count). The molecule has 0 saturated carbocycles. The third-order valence-electron chi connectivity index (χ3n) is 1.47. The minimum absolute atomic E-state index is 0.00463. The summed E-state index contributed by atoms with van der Waals surface area (Å²) in [6.07, 6.45) is 0. The molecule has 0 heterocycles. The van der Waals surface area contributed by atoms with Gasteiger partial charge in [-0.25, -0.2) is 4.79 Å². The lowest BCUT2D eigenvalue weighted by Gasteiger charge is -2.01. The molecule has 8 nitrogen and oxygen atoms in total. The largest absolute Gasteiger partial charge is 0.461 e. The molecular weight excluding hydrogens is 312 g/mol. The van der Waals surface area contributed by atoms with Gasteiger partial charge in [0.2, 0.25) is 0 Å². The van der Waals surface area contributed by atoms with Crippen molar-refractivity contribution in [3.63, 3.8) is 0 Å². The average Bonchev–Trinajstić information content (AvgIpc) is 2.11. The van der Waals surface area contributed by atoms with E-state index in [9.17, 15) is 21.6 Å². The van der Waals surface area contributed by atoms with Crippen LogP contribution in [0.3, 0.4) is 0 Å². The van der Waals surface area contributed by atoms with Crippen LogP contribution < -0.4 is 0 Å². The third kappa shape index (κ3) is 19.4. The summed E-state index contributed by atoms with van der Waals surface area (Å²) in [5.41, 5.74) is 0.185. The number of ether oxygens (including phenoxy) is 1. The lowest BCUT2D eigenvalue weighted by molar-refractivity contribution is -0.138. The first-order valence-electron chi connectivity index (χ1n) is 5.47. The second-order valence-corrected chi connectivity index (χ2v) is 7.41. The Hall–Kier alpha value is -0.970. The molecule has 0 bridgehead atoms. The number of carbonyl (C=O) groups excluding carboxylic acids is 1. The predicted molar refractivity (Wildman–Crippen MR) is 73.4 cm³/mol. The van der Waals surface area contributed by atoms with Gasteiger partial charge in [-0.3, -0.25) is 9.11 Å². The smallest absolute Gasteiger partial charge is 0.333 e. The molecule has 2 N–H and O–H groups in total. The maximum atomic E-state index is 10.6. The average molecular weight is 332 g/mol. The zero-order valence-electron chi connectivity index (χ0n) is 11.6. The van der Waals surface area contributed by atoms with Crippen LogP contribution in [-0.4, -0.2) is 50.0 Å². The normalized spacial score (nSPS) is 11.5. The predicted octanol–water partition coefficient (Wildman–Crippen LogP) is 0.524. The summed E-state index contributed by atoms with van der Waals surface area (Å²) in [5.74, 6) is -1.40. The summed E-state index contributed by atoms with van der Waals surface area (Å²) < 4.78 is 61.0. The Morgan fingerprint density at radius 3 is 1.80 bits per heavy atom. The molecule has 0 amide bonds. The number of hydrogen-bond donors (Lipinski definition) is 2. The van der Waals surface area contributed by atoms with Gasteiger partial charge < -0.3 is 4.74 Å². The van der Waals surface area contributed by atoms with Crippen LogP contribution in [-0.2, 0) is 29.8 Å². The Kier molecular flexibility index (Phi) is 9.66. The first-order chi connectivity index (χ1) is 8.74. The molecule has 0 unspecified atom stereocenters. The van der Waals surface area contributed by atoms with Crippen LogP contribution in [0.15, 0.2) is 12.2 Å². The Bertz CT molecular complexity index is 515. The van der Waals surface area contributed by atoms with Gasteiger partial charge in [-0.1, -0.05) is 20.4 Å². The summed E-state index contributed by atoms with van der Waals surface area (Å²) in [6, 6.07) is 0. The first kappa shape index (κ1) is 21.3. The van der Waals surface area contributed by atoms with Crippen molar-refractivity contribution in [2.45, 2.75) is 20.8 Å². The van der Waals surface area contributed by atoms with Gasteiger partial charge in [0.25, 0.3) is 20.2 Å². The van der Waals surface area contributed by atoms with E-state index in [2.05, 4.69) is 11.3 Å². The van der Waals surface area contributed by atoms with Gasteiger partial charge in [0.05, 0.1) is 5.75 Å². The second-order valence-electron chi connectivity index (χ2n) is 4.34. The zero-order valence-corrected chi connectivity index (χ0v) is 13.2. The van der Waals surface area contributed by atoms with Crippen molar-refractivity contribution >= 4 is 26.2 Å². The number of carbonyl (C=O) groups is 1. The van der Waals surface area contributed by atoms with E-state index >= 15 is 0 Å². The van der Waals surface area contributed by atoms with Crippen LogP contribution in [0.25, 0.3) is 0 Å². The lowest BCUT2D eigenvalue weighted by atomic mass is 10.3. The lowest BCUT2D eigenvalue weighted by Crippen LogP contribution is -2.14. The fourth-order valence-electron chi connectivity index (χ4n) is 0.784. The second kappa shape index (κ2) is 9.06. The van der Waals surface area contributed by atoms with Crippen LogP contribution in [0, 0.1) is 5.92 Å². The van der Waals surface area contributed by atoms with E-state index in [-0.39, 0.29) is 23.9 Å².